The number of nitrogen functional groups attached to an aromatic ring is 1. The van der Waals surface area contributed by atoms with E-state index in [4.69, 9.17) is 52.0 Å². The number of aromatic amines is 2. The van der Waals surface area contributed by atoms with E-state index in [0.29, 0.717) is 47.6 Å². The molecular weight excluding hydrogens is 745 g/mol. The molecule has 2 heterocycles. The van der Waals surface area contributed by atoms with Crippen molar-refractivity contribution in [2.45, 2.75) is 104 Å². The number of fused-ring (bicyclic) bond motifs is 2. The molecule has 0 unspecified atom stereocenters. The molecule has 0 bridgehead atoms. The quantitative estimate of drug-likeness (QED) is 0.0855. The van der Waals surface area contributed by atoms with Crippen LogP contribution in [0.2, 0.25) is 0 Å². The van der Waals surface area contributed by atoms with Gasteiger partial charge in [0.25, 0.3) is 5.91 Å². The van der Waals surface area contributed by atoms with Crippen LogP contribution < -0.4 is 21.9 Å². The molecule has 59 heavy (non-hydrogen) atoms. The van der Waals surface area contributed by atoms with E-state index < -0.39 is 164 Å². The van der Waals surface area contributed by atoms with Gasteiger partial charge >= 0.3 is 5.97 Å². The van der Waals surface area contributed by atoms with E-state index in [0.717, 1.165) is 13.1 Å². The zero-order chi connectivity index (χ0) is 69.4. The van der Waals surface area contributed by atoms with Crippen molar-refractivity contribution in [3.63, 3.8) is 0 Å². The number of aromatic carboxylic acids is 1. The number of amides is 1. The van der Waals surface area contributed by atoms with Crippen molar-refractivity contribution in [3.05, 3.63) is 139 Å². The predicted octanol–water partition coefficient (Wildman–Crippen LogP) is 9.88. The molecule has 0 aliphatic carbocycles. The maximum absolute atomic E-state index is 13.4. The second kappa shape index (κ2) is 16.9. The summed E-state index contributed by atoms with van der Waals surface area (Å²) in [5.41, 5.74) is -14.0. The molecule has 312 valence electrons. The molecule has 0 aliphatic heterocycles. The van der Waals surface area contributed by atoms with E-state index in [9.17, 15) is 29.4 Å². The van der Waals surface area contributed by atoms with E-state index >= 15 is 0 Å². The molecule has 6 rings (SSSR count). The average Bonchev–Trinajstić information content (AvgIpc) is 0.986. The number of carbonyl (C=O) groups excluding carboxylic acids is 1. The molecule has 6 aromatic rings. The zero-order valence-corrected chi connectivity index (χ0v) is 31.1. The highest BCUT2D eigenvalue weighted by Crippen LogP contribution is 2.40. The molecule has 0 spiro atoms. The Kier molecular flexibility index (Phi) is 5.47. The summed E-state index contributed by atoms with van der Waals surface area (Å²) in [7, 11) is 0. The van der Waals surface area contributed by atoms with Crippen LogP contribution >= 0.6 is 0 Å². The van der Waals surface area contributed by atoms with Gasteiger partial charge in [0.2, 0.25) is 10.9 Å². The molecule has 0 saturated carbocycles. The van der Waals surface area contributed by atoms with Crippen molar-refractivity contribution in [3.8, 4) is 11.5 Å². The minimum absolute atomic E-state index is 0.0891. The minimum Gasteiger partial charge on any atom is -0.508 e. The lowest BCUT2D eigenvalue weighted by molar-refractivity contribution is 0.0695. The molecule has 2 aromatic heterocycles. The number of aromatic nitrogens is 2. The molecule has 1 amide bonds. The van der Waals surface area contributed by atoms with Crippen LogP contribution in [0, 0.1) is 0 Å². The van der Waals surface area contributed by atoms with Gasteiger partial charge in [0.1, 0.15) is 22.6 Å². The fourth-order valence-corrected chi connectivity index (χ4v) is 5.60. The van der Waals surface area contributed by atoms with Gasteiger partial charge in [0.05, 0.1) is 0 Å². The summed E-state index contributed by atoms with van der Waals surface area (Å²) < 4.78 is 237. The van der Waals surface area contributed by atoms with Crippen molar-refractivity contribution in [2.75, 3.05) is 11.1 Å². The second-order valence-corrected chi connectivity index (χ2v) is 13.5. The number of para-hydroxylation sites is 2. The number of hydrogen-bond acceptors (Lipinski definition) is 7. The summed E-state index contributed by atoms with van der Waals surface area (Å²) in [4.78, 5) is 54.1. The number of H-pyrrole nitrogens is 2. The van der Waals surface area contributed by atoms with Crippen LogP contribution in [-0.2, 0) is 21.7 Å². The van der Waals surface area contributed by atoms with Crippen molar-refractivity contribution >= 4 is 45.1 Å². The van der Waals surface area contributed by atoms with Crippen LogP contribution in [0.4, 0.5) is 11.4 Å². The fraction of sp³-hybridized carbons (Fsp3) is 0.333. The van der Waals surface area contributed by atoms with Crippen LogP contribution in [0.15, 0.2) is 94.8 Å². The lowest BCUT2D eigenvalue weighted by atomic mass is 9.79. The third-order valence-corrected chi connectivity index (χ3v) is 8.49. The Morgan fingerprint density at radius 2 is 1.03 bits per heavy atom. The van der Waals surface area contributed by atoms with Crippen LogP contribution in [0.1, 0.15) is 166 Å². The highest BCUT2D eigenvalue weighted by Gasteiger charge is 2.27. The van der Waals surface area contributed by atoms with Crippen molar-refractivity contribution < 1.29 is 66.0 Å². The number of anilines is 2. The van der Waals surface area contributed by atoms with Gasteiger partial charge in [-0.05, 0) is 80.3 Å². The van der Waals surface area contributed by atoms with E-state index in [1.165, 1.54) is 18.3 Å². The lowest BCUT2D eigenvalue weighted by Gasteiger charge is -2.28. The first-order valence-electron chi connectivity index (χ1n) is 31.9. The van der Waals surface area contributed by atoms with Gasteiger partial charge in [-0.2, -0.15) is 0 Å². The number of carboxylic acids is 1. The number of pyridine rings is 2. The number of hydrogen-bond donors (Lipinski definition) is 7. The third kappa shape index (κ3) is 10.6. The largest absolute Gasteiger partial charge is 0.508 e. The van der Waals surface area contributed by atoms with Gasteiger partial charge in [0, 0.05) is 98.8 Å². The molecule has 11 nitrogen and oxygen atoms in total. The number of phenolic OH excluding ortho intramolecular Hbond substituents is 2. The normalized spacial score (nSPS) is 21.6. The van der Waals surface area contributed by atoms with E-state index in [1.807, 2.05) is 0 Å². The first-order valence-corrected chi connectivity index (χ1v) is 16.9. The highest BCUT2D eigenvalue weighted by molar-refractivity contribution is 6.06. The Morgan fingerprint density at radius 3 is 1.53 bits per heavy atom. The van der Waals surface area contributed by atoms with Gasteiger partial charge in [-0.1, -0.05) is 107 Å². The number of carbonyl (C=O) groups is 2. The Bertz CT molecular complexity index is 3660. The van der Waals surface area contributed by atoms with Crippen molar-refractivity contribution in [1.29, 1.82) is 0 Å². The molecular formula is C48H58N4O7. The standard InChI is InChI=1S/C24H28N2O3.C14H23NO.C10H7NO3/c1-23(2,3)16-11-17(24(4,5)6)20(27)12-19(16)26-22(29)15-13-25-18-10-8-7-9-14(18)21(15)28;1-13(2,3)9-7-10(14(4,5)6)12(16)8-11(9)15;12-9-6-3-1-2-4-8(6)11-5-7(9)10(13)14/h7-13,27H,1-6H3,(H,25,28)(H,26,29);7-8,16H,15H2,1-6H3;1-5H,(H,11,12)(H,13,14)/i2*1D3,2D3,4D3,5D3,6D3;. The average molecular weight is 833 g/mol. The van der Waals surface area contributed by atoms with Crippen LogP contribution in [-0.4, -0.2) is 37.2 Å². The molecule has 0 atom stereocenters. The summed E-state index contributed by atoms with van der Waals surface area (Å²) in [6.45, 7) is -35.0. The number of aromatic hydroxyl groups is 2. The number of phenols is 2. The molecule has 0 aliphatic rings. The Balaban J connectivity index is 0.000000323. The monoisotopic (exact) mass is 833 g/mol. The molecule has 0 radical (unpaired) electrons. The Hall–Kier alpha value is -6.36. The van der Waals surface area contributed by atoms with Gasteiger partial charge in [-0.15, -0.1) is 0 Å². The predicted molar refractivity (Wildman–Crippen MR) is 239 cm³/mol. The van der Waals surface area contributed by atoms with E-state index in [-0.39, 0.29) is 10.9 Å². The number of rotatable bonds is 3. The molecule has 4 aromatic carbocycles. The zero-order valence-electron chi connectivity index (χ0n) is 61.1. The van der Waals surface area contributed by atoms with Gasteiger partial charge < -0.3 is 36.3 Å². The SMILES string of the molecule is O=C(O)c1c[nH]c2ccccc2c1=O.[2H]C([2H])([2H])C(C)(c1cc(C(C([2H])([2H])[2H])(C([2H])([2H])[2H])C([2H])([2H])[2H])c(O)cc1N)C([2H])([2H])[2H].[2H]C([2H])([2H])C(C)(c1cc(C(C([2H])([2H])[2H])(C([2H])([2H])[2H])C([2H])([2H])[2H])c(O)cc1NC(=O)c1c[nH]c2ccccc2c1=O)C([2H])([2H])[2H]. The summed E-state index contributed by atoms with van der Waals surface area (Å²) in [6.07, 6.45) is 2.25. The topological polar surface area (TPSA) is 199 Å². The smallest absolute Gasteiger partial charge is 0.341 e. The highest BCUT2D eigenvalue weighted by atomic mass is 16.4. The lowest BCUT2D eigenvalue weighted by Crippen LogP contribution is -2.25. The van der Waals surface area contributed by atoms with Gasteiger partial charge in [-0.25, -0.2) is 4.79 Å². The number of carboxylic acid groups (broad SMARTS) is 1. The maximum atomic E-state index is 13.4. The van der Waals surface area contributed by atoms with Crippen LogP contribution in [0.3, 0.4) is 0 Å². The maximum Gasteiger partial charge on any atom is 0.341 e. The molecule has 0 fully saturated rings. The molecule has 0 saturated heterocycles. The molecule has 8 N–H and O–H groups in total. The Labute approximate surface area is 387 Å². The summed E-state index contributed by atoms with van der Waals surface area (Å²) in [5.74, 6) is -4.86. The summed E-state index contributed by atoms with van der Waals surface area (Å²) >= 11 is 0. The van der Waals surface area contributed by atoms with Crippen LogP contribution in [0.5, 0.6) is 11.5 Å². The number of nitrogens with two attached hydrogens (primary N) is 1. The van der Waals surface area contributed by atoms with Crippen molar-refractivity contribution in [2.24, 2.45) is 0 Å². The number of nitrogens with one attached hydrogen (secondary N) is 3. The fourth-order valence-electron chi connectivity index (χ4n) is 5.60. The number of benzene rings is 4. The van der Waals surface area contributed by atoms with E-state index in [1.54, 1.807) is 36.4 Å². The Morgan fingerprint density at radius 1 is 0.610 bits per heavy atom. The van der Waals surface area contributed by atoms with Crippen molar-refractivity contribution in [1.82, 2.24) is 9.97 Å². The summed E-state index contributed by atoms with van der Waals surface area (Å²) in [6, 6.07) is 14.8. The minimum atomic E-state index is -3.90. The molecule has 11 heteroatoms. The first kappa shape index (κ1) is 19.1. The van der Waals surface area contributed by atoms with E-state index in [2.05, 4.69) is 15.3 Å². The van der Waals surface area contributed by atoms with Gasteiger partial charge in [-0.3, -0.25) is 14.4 Å². The van der Waals surface area contributed by atoms with Crippen LogP contribution in [0.25, 0.3) is 21.8 Å². The third-order valence-electron chi connectivity index (χ3n) is 8.49. The first-order chi connectivity index (χ1) is 39.6. The summed E-state index contributed by atoms with van der Waals surface area (Å²) in [5, 5.41) is 32.8. The van der Waals surface area contributed by atoms with Gasteiger partial charge in [0.15, 0.2) is 0 Å². The second-order valence-electron chi connectivity index (χ2n) is 13.5.